The molecule has 0 amide bonds. The quantitative estimate of drug-likeness (QED) is 0.145. The van der Waals surface area contributed by atoms with Gasteiger partial charge in [-0.3, -0.25) is 0 Å². The minimum Gasteiger partial charge on any atom is -0.310 e. The molecular weight excluding hydrogens is 759 g/mol. The van der Waals surface area contributed by atoms with E-state index in [1.807, 2.05) is 0 Å². The Kier molecular flexibility index (Phi) is 8.69. The van der Waals surface area contributed by atoms with Crippen molar-refractivity contribution in [2.24, 2.45) is 0 Å². The Morgan fingerprint density at radius 3 is 1.62 bits per heavy atom. The zero-order valence-corrected chi connectivity index (χ0v) is 35.0. The van der Waals surface area contributed by atoms with Gasteiger partial charge >= 0.3 is 0 Å². The lowest BCUT2D eigenvalue weighted by Gasteiger charge is -2.31. The van der Waals surface area contributed by atoms with Crippen molar-refractivity contribution in [2.45, 2.75) is 12.3 Å². The molecule has 0 saturated heterocycles. The van der Waals surface area contributed by atoms with E-state index in [9.17, 15) is 0 Å². The summed E-state index contributed by atoms with van der Waals surface area (Å²) in [6.07, 6.45) is 0. The second-order valence-corrected chi connectivity index (χ2v) is 17.0. The summed E-state index contributed by atoms with van der Waals surface area (Å²) in [6, 6.07) is 89.5. The van der Waals surface area contributed by atoms with Gasteiger partial charge in [0.2, 0.25) is 0 Å². The van der Waals surface area contributed by atoms with E-state index in [0.717, 1.165) is 17.1 Å². The predicted molar refractivity (Wildman–Crippen MR) is 267 cm³/mol. The van der Waals surface area contributed by atoms with Crippen molar-refractivity contribution in [1.82, 2.24) is 0 Å². The van der Waals surface area contributed by atoms with Crippen LogP contribution in [-0.2, 0) is 5.41 Å². The van der Waals surface area contributed by atoms with Crippen LogP contribution in [0.1, 0.15) is 23.6 Å². The molecule has 1 aliphatic carbocycles. The average Bonchev–Trinajstić information content (AvgIpc) is 3.62. The molecule has 1 heteroatoms. The van der Waals surface area contributed by atoms with Gasteiger partial charge in [-0.1, -0.05) is 200 Å². The largest absolute Gasteiger partial charge is 0.310 e. The number of hydrogen-bond acceptors (Lipinski definition) is 1. The van der Waals surface area contributed by atoms with Crippen LogP contribution in [0.5, 0.6) is 0 Å². The van der Waals surface area contributed by atoms with Crippen LogP contribution < -0.4 is 4.90 Å². The first-order valence-corrected chi connectivity index (χ1v) is 21.9. The van der Waals surface area contributed by atoms with Gasteiger partial charge in [-0.25, -0.2) is 0 Å². The topological polar surface area (TPSA) is 3.24 Å². The zero-order valence-electron chi connectivity index (χ0n) is 35.0. The molecule has 11 aromatic carbocycles. The van der Waals surface area contributed by atoms with E-state index in [2.05, 4.69) is 254 Å². The molecule has 0 spiro atoms. The first-order chi connectivity index (χ1) is 31.1. The van der Waals surface area contributed by atoms with Gasteiger partial charge in [0.1, 0.15) is 0 Å². The van der Waals surface area contributed by atoms with E-state index in [1.54, 1.807) is 0 Å². The van der Waals surface area contributed by atoms with Crippen LogP contribution in [0.15, 0.2) is 243 Å². The van der Waals surface area contributed by atoms with Gasteiger partial charge in [0.15, 0.2) is 0 Å². The Bertz CT molecular complexity index is 3520. The molecule has 0 fully saturated rings. The highest BCUT2D eigenvalue weighted by molar-refractivity contribution is 6.22. The van der Waals surface area contributed by atoms with E-state index in [-0.39, 0.29) is 5.41 Å². The SMILES string of the molecule is CC1(c2ccccc2)c2ccccc2-c2ccc(N(c3cccc(-c4ccc5ccccc5c4)c3)c3ccc4c(c3)c(-c3ccccc3)c(-c3ccccc3)c3ccccc34)cc21. The minimum absolute atomic E-state index is 0.338. The standard InChI is InChI=1S/C62H43N/c1-62(48-25-9-4-10-26-48)58-31-16-15-29-54(58)55-37-35-51(41-59(55)62)63(49-27-17-24-46(39-49)47-33-32-42-18-11-12-23-45(42)38-47)50-34-36-53-52-28-13-14-30-56(52)60(43-19-5-2-6-20-43)61(57(53)40-50)44-21-7-3-8-22-44/h2-41H,1H3. The fourth-order valence-electron chi connectivity index (χ4n) is 10.5. The first kappa shape index (κ1) is 36.8. The second kappa shape index (κ2) is 14.9. The lowest BCUT2D eigenvalue weighted by Crippen LogP contribution is -2.22. The summed E-state index contributed by atoms with van der Waals surface area (Å²) in [7, 11) is 0. The van der Waals surface area contributed by atoms with Crippen molar-refractivity contribution in [1.29, 1.82) is 0 Å². The summed E-state index contributed by atoms with van der Waals surface area (Å²) in [4.78, 5) is 2.48. The summed E-state index contributed by atoms with van der Waals surface area (Å²) in [5.74, 6) is 0. The number of hydrogen-bond donors (Lipinski definition) is 0. The lowest BCUT2D eigenvalue weighted by molar-refractivity contribution is 0.714. The molecular formula is C62H43N. The van der Waals surface area contributed by atoms with Gasteiger partial charge < -0.3 is 4.90 Å². The fraction of sp³-hybridized carbons (Fsp3) is 0.0323. The van der Waals surface area contributed by atoms with E-state index in [1.165, 1.54) is 93.5 Å². The molecule has 1 atom stereocenters. The van der Waals surface area contributed by atoms with Crippen molar-refractivity contribution < 1.29 is 0 Å². The maximum Gasteiger partial charge on any atom is 0.0468 e. The Morgan fingerprint density at radius 1 is 0.302 bits per heavy atom. The minimum atomic E-state index is -0.338. The molecule has 0 aliphatic heterocycles. The smallest absolute Gasteiger partial charge is 0.0468 e. The summed E-state index contributed by atoms with van der Waals surface area (Å²) in [5.41, 5.74) is 16.8. The summed E-state index contributed by atoms with van der Waals surface area (Å²) in [6.45, 7) is 2.40. The third-order valence-corrected chi connectivity index (χ3v) is 13.5. The summed E-state index contributed by atoms with van der Waals surface area (Å²) in [5, 5.41) is 7.43. The number of rotatable bonds is 7. The normalized spacial score (nSPS) is 14.2. The molecule has 296 valence electrons. The second-order valence-electron chi connectivity index (χ2n) is 17.0. The Labute approximate surface area is 368 Å². The average molecular weight is 802 g/mol. The number of anilines is 3. The van der Waals surface area contributed by atoms with E-state index in [4.69, 9.17) is 0 Å². The number of nitrogens with zero attached hydrogens (tertiary/aromatic N) is 1. The molecule has 11 aromatic rings. The molecule has 0 radical (unpaired) electrons. The van der Waals surface area contributed by atoms with Crippen LogP contribution in [0.2, 0.25) is 0 Å². The third-order valence-electron chi connectivity index (χ3n) is 13.5. The van der Waals surface area contributed by atoms with Crippen LogP contribution in [0.3, 0.4) is 0 Å². The van der Waals surface area contributed by atoms with E-state index in [0.29, 0.717) is 0 Å². The molecule has 1 unspecified atom stereocenters. The highest BCUT2D eigenvalue weighted by atomic mass is 15.1. The highest BCUT2D eigenvalue weighted by Gasteiger charge is 2.41. The zero-order chi connectivity index (χ0) is 41.9. The van der Waals surface area contributed by atoms with Gasteiger partial charge in [0.25, 0.3) is 0 Å². The maximum atomic E-state index is 2.48. The lowest BCUT2D eigenvalue weighted by atomic mass is 9.74. The van der Waals surface area contributed by atoms with Crippen LogP contribution in [0.4, 0.5) is 17.1 Å². The molecule has 1 aliphatic rings. The molecule has 1 nitrogen and oxygen atoms in total. The molecule has 0 N–H and O–H groups in total. The molecule has 0 saturated carbocycles. The summed E-state index contributed by atoms with van der Waals surface area (Å²) >= 11 is 0. The third kappa shape index (κ3) is 6.00. The van der Waals surface area contributed by atoms with Crippen LogP contribution in [0.25, 0.3) is 76.8 Å². The van der Waals surface area contributed by atoms with Gasteiger partial charge in [-0.15, -0.1) is 0 Å². The van der Waals surface area contributed by atoms with Crippen molar-refractivity contribution in [3.63, 3.8) is 0 Å². The van der Waals surface area contributed by atoms with Crippen LogP contribution >= 0.6 is 0 Å². The van der Waals surface area contributed by atoms with Crippen LogP contribution in [0, 0.1) is 0 Å². The van der Waals surface area contributed by atoms with Crippen molar-refractivity contribution in [2.75, 3.05) is 4.90 Å². The molecule has 0 aromatic heterocycles. The van der Waals surface area contributed by atoms with E-state index < -0.39 is 0 Å². The molecule has 12 rings (SSSR count). The Morgan fingerprint density at radius 2 is 0.841 bits per heavy atom. The highest BCUT2D eigenvalue weighted by Crippen LogP contribution is 2.54. The Hall–Kier alpha value is -8.00. The Balaban J connectivity index is 1.14. The monoisotopic (exact) mass is 801 g/mol. The fourth-order valence-corrected chi connectivity index (χ4v) is 10.5. The summed E-state index contributed by atoms with van der Waals surface area (Å²) < 4.78 is 0. The van der Waals surface area contributed by atoms with Crippen molar-refractivity contribution >= 4 is 49.4 Å². The molecule has 0 heterocycles. The predicted octanol–water partition coefficient (Wildman–Crippen LogP) is 17.0. The van der Waals surface area contributed by atoms with Crippen molar-refractivity contribution in [3.05, 3.63) is 259 Å². The van der Waals surface area contributed by atoms with E-state index >= 15 is 0 Å². The van der Waals surface area contributed by atoms with Gasteiger partial charge in [-0.2, -0.15) is 0 Å². The maximum absolute atomic E-state index is 2.48. The molecule has 63 heavy (non-hydrogen) atoms. The number of fused-ring (bicyclic) bond motifs is 7. The van der Waals surface area contributed by atoms with Gasteiger partial charge in [0, 0.05) is 22.5 Å². The first-order valence-electron chi connectivity index (χ1n) is 21.9. The van der Waals surface area contributed by atoms with Gasteiger partial charge in [0.05, 0.1) is 0 Å². The molecule has 0 bridgehead atoms. The number of benzene rings is 11. The van der Waals surface area contributed by atoms with Crippen molar-refractivity contribution in [3.8, 4) is 44.5 Å². The van der Waals surface area contributed by atoms with Gasteiger partial charge in [-0.05, 0) is 143 Å². The van der Waals surface area contributed by atoms with Crippen LogP contribution in [-0.4, -0.2) is 0 Å².